The van der Waals surface area contributed by atoms with Gasteiger partial charge in [-0.2, -0.15) is 0 Å². The smallest absolute Gasteiger partial charge is 0.312 e. The summed E-state index contributed by atoms with van der Waals surface area (Å²) >= 11 is 17.1. The van der Waals surface area contributed by atoms with Gasteiger partial charge in [-0.05, 0) is 70.5 Å². The molecule has 3 unspecified atom stereocenters. The molecule has 9 heteroatoms. The van der Waals surface area contributed by atoms with Gasteiger partial charge in [-0.1, -0.05) is 23.2 Å². The van der Waals surface area contributed by atoms with Crippen LogP contribution in [0.3, 0.4) is 0 Å². The zero-order chi connectivity index (χ0) is 19.9. The Morgan fingerprint density at radius 1 is 1.27 bits per heavy atom. The quantitative estimate of drug-likeness (QED) is 0.574. The second-order valence-electron chi connectivity index (χ2n) is 6.83. The molecule has 1 fully saturated rings. The lowest BCUT2D eigenvalue weighted by Gasteiger charge is -2.30. The minimum absolute atomic E-state index is 0.159. The Morgan fingerprint density at radius 3 is 2.27 bits per heavy atom. The molecule has 0 aromatic heterocycles. The number of rotatable bonds is 5. The minimum atomic E-state index is -2.56. The van der Waals surface area contributed by atoms with E-state index in [2.05, 4.69) is 24.3 Å². The van der Waals surface area contributed by atoms with E-state index in [1.165, 1.54) is 7.11 Å². The summed E-state index contributed by atoms with van der Waals surface area (Å²) in [5, 5.41) is 7.47. The van der Waals surface area contributed by atoms with E-state index in [1.54, 1.807) is 18.2 Å². The summed E-state index contributed by atoms with van der Waals surface area (Å²) in [5.74, 6) is 0.467. The van der Waals surface area contributed by atoms with E-state index in [-0.39, 0.29) is 6.04 Å². The van der Waals surface area contributed by atoms with Crippen LogP contribution in [0.5, 0.6) is 5.75 Å². The molecule has 1 heterocycles. The highest BCUT2D eigenvalue weighted by molar-refractivity contribution is 8.09. The molecule has 1 aromatic carbocycles. The standard InChI is InChI=1S/C10H14Cl2NO2PS.C7H16N2/c1-7(2)13-16(17,14-3)15-10-5-4-8(11)6-9(10)12;1-5-3-7(8)4-6(2)9-5/h4-7H,1-3H3,(H,13,17);5-7,9H,3-4,8H2,1-2H3. The fraction of sp³-hybridized carbons (Fsp3) is 0.647. The van der Waals surface area contributed by atoms with Gasteiger partial charge in [0.05, 0.1) is 5.02 Å². The first kappa shape index (κ1) is 24.1. The van der Waals surface area contributed by atoms with Crippen molar-refractivity contribution in [1.29, 1.82) is 0 Å². The maximum Gasteiger partial charge on any atom is 0.312 e. The van der Waals surface area contributed by atoms with Gasteiger partial charge in [-0.3, -0.25) is 0 Å². The maximum absolute atomic E-state index is 6.01. The van der Waals surface area contributed by atoms with Crippen LogP contribution in [0.1, 0.15) is 40.5 Å². The third kappa shape index (κ3) is 8.85. The number of nitrogens with one attached hydrogen (secondary N) is 2. The Morgan fingerprint density at radius 2 is 1.85 bits per heavy atom. The fourth-order valence-corrected chi connectivity index (χ4v) is 5.40. The first-order valence-corrected chi connectivity index (χ1v) is 12.0. The highest BCUT2D eigenvalue weighted by Gasteiger charge is 2.21. The number of hydrogen-bond donors (Lipinski definition) is 3. The number of piperidine rings is 1. The first-order valence-electron chi connectivity index (χ1n) is 8.64. The molecular formula is C17H30Cl2N3O2PS. The number of benzene rings is 1. The van der Waals surface area contributed by atoms with Crippen LogP contribution in [0.4, 0.5) is 0 Å². The van der Waals surface area contributed by atoms with Crippen LogP contribution in [0, 0.1) is 0 Å². The van der Waals surface area contributed by atoms with Gasteiger partial charge in [-0.25, -0.2) is 5.09 Å². The van der Waals surface area contributed by atoms with Crippen LogP contribution in [0.15, 0.2) is 18.2 Å². The molecule has 26 heavy (non-hydrogen) atoms. The van der Waals surface area contributed by atoms with E-state index >= 15 is 0 Å². The van der Waals surface area contributed by atoms with Gasteiger partial charge in [0.15, 0.2) is 0 Å². The Balaban J connectivity index is 0.000000314. The van der Waals surface area contributed by atoms with Gasteiger partial charge in [-0.15, -0.1) is 0 Å². The van der Waals surface area contributed by atoms with Crippen molar-refractivity contribution in [3.63, 3.8) is 0 Å². The van der Waals surface area contributed by atoms with Crippen molar-refractivity contribution in [1.82, 2.24) is 10.4 Å². The lowest BCUT2D eigenvalue weighted by molar-refractivity contribution is 0.317. The topological polar surface area (TPSA) is 68.5 Å². The molecule has 5 nitrogen and oxygen atoms in total. The minimum Gasteiger partial charge on any atom is -0.431 e. The van der Waals surface area contributed by atoms with Crippen LogP contribution < -0.4 is 20.7 Å². The Kier molecular flexibility index (Phi) is 10.4. The van der Waals surface area contributed by atoms with Gasteiger partial charge in [0.2, 0.25) is 0 Å². The van der Waals surface area contributed by atoms with Crippen molar-refractivity contribution in [2.45, 2.75) is 64.7 Å². The van der Waals surface area contributed by atoms with Crippen LogP contribution >= 0.6 is 29.8 Å². The maximum atomic E-state index is 6.01. The molecule has 0 bridgehead atoms. The first-order chi connectivity index (χ1) is 12.0. The summed E-state index contributed by atoms with van der Waals surface area (Å²) in [6.45, 7) is 5.75. The predicted molar refractivity (Wildman–Crippen MR) is 116 cm³/mol. The molecule has 0 saturated carbocycles. The van der Waals surface area contributed by atoms with Gasteiger partial charge in [0.25, 0.3) is 0 Å². The molecule has 3 atom stereocenters. The van der Waals surface area contributed by atoms with Gasteiger partial charge in [0.1, 0.15) is 5.75 Å². The largest absolute Gasteiger partial charge is 0.431 e. The molecule has 0 aliphatic carbocycles. The SMILES string of the molecule is CC1CC(N)CC(C)N1.COP(=S)(NC(C)C)Oc1ccc(Cl)cc1Cl. The lowest BCUT2D eigenvalue weighted by atomic mass is 9.96. The second kappa shape index (κ2) is 11.2. The summed E-state index contributed by atoms with van der Waals surface area (Å²) in [7, 11) is 1.51. The van der Waals surface area contributed by atoms with Gasteiger partial charge >= 0.3 is 6.64 Å². The van der Waals surface area contributed by atoms with Crippen molar-refractivity contribution in [2.24, 2.45) is 5.73 Å². The van der Waals surface area contributed by atoms with Crippen LogP contribution in [0.25, 0.3) is 0 Å². The molecule has 1 aliphatic heterocycles. The molecule has 1 aliphatic rings. The van der Waals surface area contributed by atoms with Crippen molar-refractivity contribution < 1.29 is 9.05 Å². The molecule has 0 amide bonds. The highest BCUT2D eigenvalue weighted by Crippen LogP contribution is 2.46. The van der Waals surface area contributed by atoms with Crippen molar-refractivity contribution in [3.8, 4) is 5.75 Å². The van der Waals surface area contributed by atoms with E-state index in [0.29, 0.717) is 33.9 Å². The normalized spacial score (nSPS) is 25.2. The van der Waals surface area contributed by atoms with E-state index in [1.807, 2.05) is 13.8 Å². The van der Waals surface area contributed by atoms with Crippen LogP contribution in [-0.4, -0.2) is 31.3 Å². The number of nitrogens with two attached hydrogens (primary N) is 1. The van der Waals surface area contributed by atoms with Gasteiger partial charge < -0.3 is 20.1 Å². The number of hydrogen-bond acceptors (Lipinski definition) is 5. The van der Waals surface area contributed by atoms with E-state index in [9.17, 15) is 0 Å². The molecule has 1 saturated heterocycles. The van der Waals surface area contributed by atoms with Gasteiger partial charge in [0, 0.05) is 36.3 Å². The Hall–Kier alpha value is 0.0900. The monoisotopic (exact) mass is 441 g/mol. The molecule has 0 spiro atoms. The fourth-order valence-electron chi connectivity index (χ4n) is 2.74. The van der Waals surface area contributed by atoms with E-state index < -0.39 is 6.64 Å². The summed E-state index contributed by atoms with van der Waals surface area (Å²) in [5.41, 5.74) is 5.78. The van der Waals surface area contributed by atoms with Crippen molar-refractivity contribution in [3.05, 3.63) is 28.2 Å². The molecule has 2 rings (SSSR count). The molecule has 1 aromatic rings. The summed E-state index contributed by atoms with van der Waals surface area (Å²) in [6.07, 6.45) is 2.26. The molecule has 4 N–H and O–H groups in total. The zero-order valence-corrected chi connectivity index (χ0v) is 19.2. The summed E-state index contributed by atoms with van der Waals surface area (Å²) in [4.78, 5) is 0. The predicted octanol–water partition coefficient (Wildman–Crippen LogP) is 4.72. The molecule has 0 radical (unpaired) electrons. The third-order valence-corrected chi connectivity index (χ3v) is 6.92. The summed E-state index contributed by atoms with van der Waals surface area (Å²) < 4.78 is 10.9. The van der Waals surface area contributed by atoms with Crippen molar-refractivity contribution >= 4 is 41.7 Å². The Bertz CT molecular complexity index is 597. The summed E-state index contributed by atoms with van der Waals surface area (Å²) in [6, 6.07) is 6.78. The average molecular weight is 442 g/mol. The average Bonchev–Trinajstić information content (AvgIpc) is 2.49. The molecule has 150 valence electrons. The highest BCUT2D eigenvalue weighted by atomic mass is 35.5. The lowest BCUT2D eigenvalue weighted by Crippen LogP contribution is -2.47. The number of halogens is 2. The van der Waals surface area contributed by atoms with Crippen molar-refractivity contribution in [2.75, 3.05) is 7.11 Å². The Labute approximate surface area is 172 Å². The molecular weight excluding hydrogens is 412 g/mol. The zero-order valence-electron chi connectivity index (χ0n) is 16.0. The third-order valence-electron chi connectivity index (χ3n) is 3.65. The van der Waals surface area contributed by atoms with Crippen LogP contribution in [0.2, 0.25) is 10.0 Å². The van der Waals surface area contributed by atoms with E-state index in [4.69, 9.17) is 49.8 Å². The van der Waals surface area contributed by atoms with E-state index in [0.717, 1.165) is 12.8 Å². The van der Waals surface area contributed by atoms with Crippen LogP contribution in [-0.2, 0) is 16.3 Å². The second-order valence-corrected chi connectivity index (χ2v) is 10.9.